The van der Waals surface area contributed by atoms with Crippen LogP contribution in [-0.4, -0.2) is 63.8 Å². The van der Waals surface area contributed by atoms with Crippen molar-refractivity contribution in [2.45, 2.75) is 81.8 Å². The molecule has 0 unspecified atom stereocenters. The predicted octanol–water partition coefficient (Wildman–Crippen LogP) is 2.87. The van der Waals surface area contributed by atoms with Gasteiger partial charge in [-0.05, 0) is 54.9 Å². The molecule has 0 saturated carbocycles. The highest BCUT2D eigenvalue weighted by molar-refractivity contribution is 5.94. The lowest BCUT2D eigenvalue weighted by Gasteiger charge is -2.36. The average molecular weight is 634 g/mol. The maximum atomic E-state index is 13.9. The Morgan fingerprint density at radius 3 is 2.22 bits per heavy atom. The smallest absolute Gasteiger partial charge is 0.308 e. The van der Waals surface area contributed by atoms with Crippen LogP contribution >= 0.6 is 12.4 Å². The minimum Gasteiger partial charge on any atom is -0.461 e. The zero-order valence-corrected chi connectivity index (χ0v) is 25.9. The van der Waals surface area contributed by atoms with Gasteiger partial charge >= 0.3 is 5.97 Å². The van der Waals surface area contributed by atoms with Crippen LogP contribution in [0.2, 0.25) is 0 Å². The number of amides is 3. The van der Waals surface area contributed by atoms with E-state index < -0.39 is 36.0 Å². The fourth-order valence-electron chi connectivity index (χ4n) is 6.05. The summed E-state index contributed by atoms with van der Waals surface area (Å²) in [5.41, 5.74) is 8.60. The molecule has 3 heterocycles. The summed E-state index contributed by atoms with van der Waals surface area (Å²) in [5.74, 6) is -1.49. The number of benzene rings is 2. The van der Waals surface area contributed by atoms with Gasteiger partial charge in [0.25, 0.3) is 0 Å². The number of hydrogen-bond acceptors (Lipinski definition) is 7. The lowest BCUT2D eigenvalue weighted by molar-refractivity contribution is -0.145. The first-order chi connectivity index (χ1) is 21.4. The molecule has 10 nitrogen and oxygen atoms in total. The van der Waals surface area contributed by atoms with Crippen molar-refractivity contribution in [3.8, 4) is 0 Å². The molecule has 2 aromatic carbocycles. The third kappa shape index (κ3) is 9.12. The van der Waals surface area contributed by atoms with E-state index in [2.05, 4.69) is 15.6 Å². The van der Waals surface area contributed by atoms with E-state index in [0.717, 1.165) is 29.5 Å². The third-order valence-corrected chi connectivity index (χ3v) is 8.31. The Balaban J connectivity index is 0.00000461. The highest BCUT2D eigenvalue weighted by Gasteiger charge is 2.45. The quantitative estimate of drug-likeness (QED) is 0.260. The molecule has 1 aromatic heterocycles. The number of nitrogens with one attached hydrogen (secondary N) is 2. The van der Waals surface area contributed by atoms with E-state index in [0.29, 0.717) is 19.3 Å². The van der Waals surface area contributed by atoms with Crippen molar-refractivity contribution in [2.75, 3.05) is 0 Å². The second-order valence-corrected chi connectivity index (χ2v) is 11.5. The molecule has 11 heteroatoms. The van der Waals surface area contributed by atoms with Gasteiger partial charge in [-0.25, -0.2) is 0 Å². The first kappa shape index (κ1) is 33.6. The topological polar surface area (TPSA) is 144 Å². The number of esters is 1. The van der Waals surface area contributed by atoms with Gasteiger partial charge in [0.2, 0.25) is 17.7 Å². The normalized spacial score (nSPS) is 20.2. The molecule has 0 bridgehead atoms. The monoisotopic (exact) mass is 633 g/mol. The summed E-state index contributed by atoms with van der Waals surface area (Å²) in [5, 5.41) is 5.92. The molecule has 5 rings (SSSR count). The van der Waals surface area contributed by atoms with Crippen molar-refractivity contribution in [1.82, 2.24) is 20.5 Å². The number of piperidine rings is 1. The average Bonchev–Trinajstić information content (AvgIpc) is 3.48. The molecule has 3 aromatic rings. The number of ether oxygens (including phenoxy) is 1. The second-order valence-electron chi connectivity index (χ2n) is 11.5. The first-order valence-corrected chi connectivity index (χ1v) is 15.2. The largest absolute Gasteiger partial charge is 0.461 e. The summed E-state index contributed by atoms with van der Waals surface area (Å²) in [6.07, 6.45) is 6.42. The maximum absolute atomic E-state index is 13.9. The number of rotatable bonds is 12. The van der Waals surface area contributed by atoms with Crippen LogP contribution in [0.4, 0.5) is 0 Å². The van der Waals surface area contributed by atoms with Gasteiger partial charge < -0.3 is 26.0 Å². The highest BCUT2D eigenvalue weighted by Crippen LogP contribution is 2.32. The summed E-state index contributed by atoms with van der Waals surface area (Å²) in [7, 11) is 0. The van der Waals surface area contributed by atoms with Crippen molar-refractivity contribution in [2.24, 2.45) is 5.73 Å². The van der Waals surface area contributed by atoms with E-state index in [1.54, 1.807) is 23.4 Å². The molecule has 5 atom stereocenters. The second kappa shape index (κ2) is 16.2. The van der Waals surface area contributed by atoms with Crippen LogP contribution in [0.5, 0.6) is 0 Å². The number of nitrogens with two attached hydrogens (primary N) is 1. The summed E-state index contributed by atoms with van der Waals surface area (Å²) >= 11 is 0. The SMILES string of the molecule is Cl.N[C@H]1CC[C@H]2CC[C@@H](C(=O)N[C@@H](Cc3cccnc3)C(=O)N[C@H](CC(=O)OCc3ccccc3)Cc3ccccc3)N2C1=O. The van der Waals surface area contributed by atoms with Gasteiger partial charge in [0, 0.05) is 30.9 Å². The van der Waals surface area contributed by atoms with Crippen molar-refractivity contribution in [3.05, 3.63) is 102 Å². The number of pyridine rings is 1. The minimum atomic E-state index is -0.960. The number of hydrogen-bond donors (Lipinski definition) is 3. The van der Waals surface area contributed by atoms with Gasteiger partial charge in [-0.15, -0.1) is 12.4 Å². The molecular formula is C34H40ClN5O5. The maximum Gasteiger partial charge on any atom is 0.308 e. The number of carbonyl (C=O) groups is 4. The fraction of sp³-hybridized carbons (Fsp3) is 0.382. The van der Waals surface area contributed by atoms with E-state index >= 15 is 0 Å². The summed E-state index contributed by atoms with van der Waals surface area (Å²) < 4.78 is 5.52. The molecule has 2 saturated heterocycles. The lowest BCUT2D eigenvalue weighted by Crippen LogP contribution is -2.59. The van der Waals surface area contributed by atoms with Gasteiger partial charge in [0.05, 0.1) is 12.5 Å². The van der Waals surface area contributed by atoms with E-state index in [4.69, 9.17) is 10.5 Å². The molecule has 4 N–H and O–H groups in total. The van der Waals surface area contributed by atoms with Crippen molar-refractivity contribution in [3.63, 3.8) is 0 Å². The number of nitrogens with zero attached hydrogens (tertiary/aromatic N) is 2. The summed E-state index contributed by atoms with van der Waals surface area (Å²) in [6, 6.07) is 19.7. The Hall–Kier alpha value is -4.28. The van der Waals surface area contributed by atoms with Gasteiger partial charge in [-0.1, -0.05) is 66.7 Å². The molecule has 238 valence electrons. The molecule has 2 fully saturated rings. The number of aromatic nitrogens is 1. The van der Waals surface area contributed by atoms with E-state index in [1.165, 1.54) is 0 Å². The van der Waals surface area contributed by atoms with Gasteiger partial charge in [0.15, 0.2) is 0 Å². The van der Waals surface area contributed by atoms with E-state index in [9.17, 15) is 19.2 Å². The molecule has 45 heavy (non-hydrogen) atoms. The van der Waals surface area contributed by atoms with Gasteiger partial charge in [-0.3, -0.25) is 24.2 Å². The third-order valence-electron chi connectivity index (χ3n) is 8.31. The van der Waals surface area contributed by atoms with E-state index in [1.807, 2.05) is 66.7 Å². The number of halogens is 1. The Bertz CT molecular complexity index is 1430. The highest BCUT2D eigenvalue weighted by atomic mass is 35.5. The number of carbonyl (C=O) groups excluding carboxylic acids is 4. The Kier molecular flexibility index (Phi) is 12.1. The van der Waals surface area contributed by atoms with Crippen molar-refractivity contribution >= 4 is 36.1 Å². The molecule has 0 aliphatic carbocycles. The van der Waals surface area contributed by atoms with E-state index in [-0.39, 0.29) is 49.7 Å². The standard InChI is InChI=1S/C34H39N5O5.ClH/c35-28-15-13-27-14-16-30(39(27)34(28)43)33(42)38-29(19-25-12-7-17-36-21-25)32(41)37-26(18-23-8-3-1-4-9-23)20-31(40)44-22-24-10-5-2-6-11-24;/h1-12,17,21,26-30H,13-16,18-20,22,35H2,(H,37,41)(H,38,42);1H/t26-,27-,28-,29-,30-;/m0./s1. The summed E-state index contributed by atoms with van der Waals surface area (Å²) in [4.78, 5) is 59.0. The van der Waals surface area contributed by atoms with Crippen molar-refractivity contribution in [1.29, 1.82) is 0 Å². The summed E-state index contributed by atoms with van der Waals surface area (Å²) in [6.45, 7) is 0.132. The minimum absolute atomic E-state index is 0. The van der Waals surface area contributed by atoms with Crippen LogP contribution in [0.3, 0.4) is 0 Å². The van der Waals surface area contributed by atoms with Gasteiger partial charge in [-0.2, -0.15) is 0 Å². The van der Waals surface area contributed by atoms with Crippen LogP contribution in [0.25, 0.3) is 0 Å². The first-order valence-electron chi connectivity index (χ1n) is 15.2. The van der Waals surface area contributed by atoms with Crippen LogP contribution in [0.15, 0.2) is 85.2 Å². The Labute approximate surface area is 269 Å². The van der Waals surface area contributed by atoms with Crippen molar-refractivity contribution < 1.29 is 23.9 Å². The zero-order valence-electron chi connectivity index (χ0n) is 25.0. The zero-order chi connectivity index (χ0) is 30.9. The fourth-order valence-corrected chi connectivity index (χ4v) is 6.05. The molecule has 3 amide bonds. The van der Waals surface area contributed by atoms with Crippen LogP contribution in [0, 0.1) is 0 Å². The molecule has 2 aliphatic heterocycles. The predicted molar refractivity (Wildman–Crippen MR) is 171 cm³/mol. The molecular weight excluding hydrogens is 594 g/mol. The number of fused-ring (bicyclic) bond motifs is 1. The Morgan fingerprint density at radius 2 is 1.53 bits per heavy atom. The van der Waals surface area contributed by atoms with Gasteiger partial charge in [0.1, 0.15) is 18.7 Å². The molecule has 2 aliphatic rings. The molecule has 0 radical (unpaired) electrons. The Morgan fingerprint density at radius 1 is 0.867 bits per heavy atom. The lowest BCUT2D eigenvalue weighted by atomic mass is 9.99. The molecule has 0 spiro atoms. The van der Waals surface area contributed by atoms with Crippen LogP contribution < -0.4 is 16.4 Å². The van der Waals surface area contributed by atoms with Crippen LogP contribution in [0.1, 0.15) is 48.8 Å². The van der Waals surface area contributed by atoms with Crippen LogP contribution in [-0.2, 0) is 43.4 Å².